The molecule has 0 bridgehead atoms. The molecule has 0 spiro atoms. The predicted octanol–water partition coefficient (Wildman–Crippen LogP) is -0.461. The minimum atomic E-state index is -1.36. The number of nitrogens with one attached hydrogen (secondary N) is 1. The molecule has 1 fully saturated rings. The third kappa shape index (κ3) is 2.63. The Labute approximate surface area is 117 Å². The number of carboxylic acids is 1. The molecule has 21 heavy (non-hydrogen) atoms. The number of imide groups is 1. The summed E-state index contributed by atoms with van der Waals surface area (Å²) in [5.41, 5.74) is -0.935. The topological polar surface area (TPSA) is 143 Å². The number of hydrogen-bond acceptors (Lipinski definition) is 7. The number of piperazine rings is 1. The Hall–Kier alpha value is -3.04. The van der Waals surface area contributed by atoms with Crippen LogP contribution in [-0.4, -0.2) is 45.4 Å². The molecule has 2 amide bonds. The van der Waals surface area contributed by atoms with Crippen molar-refractivity contribution in [3.8, 4) is 0 Å². The van der Waals surface area contributed by atoms with E-state index in [0.717, 1.165) is 17.2 Å². The SMILES string of the molecule is CC1C(=O)NC(=O)CN1c1ncc(C(=O)O)cc1[N+](=O)[O-]. The summed E-state index contributed by atoms with van der Waals surface area (Å²) in [6.07, 6.45) is 0.939. The number of aromatic carboxylic acids is 1. The Balaban J connectivity index is 2.52. The maximum Gasteiger partial charge on any atom is 0.337 e. The molecule has 1 aromatic rings. The summed E-state index contributed by atoms with van der Waals surface area (Å²) in [5, 5.41) is 22.0. The lowest BCUT2D eigenvalue weighted by molar-refractivity contribution is -0.384. The highest BCUT2D eigenvalue weighted by atomic mass is 16.6. The molecule has 110 valence electrons. The monoisotopic (exact) mass is 294 g/mol. The Bertz CT molecular complexity index is 658. The van der Waals surface area contributed by atoms with E-state index in [1.165, 1.54) is 6.92 Å². The standard InChI is InChI=1S/C11H10N4O6/c1-5-10(17)13-8(16)4-14(5)9-7(15(20)21)2-6(3-12-9)11(18)19/h2-3,5H,4H2,1H3,(H,18,19)(H,13,16,17). The molecular weight excluding hydrogens is 284 g/mol. The van der Waals surface area contributed by atoms with Gasteiger partial charge in [0.2, 0.25) is 17.6 Å². The summed E-state index contributed by atoms with van der Waals surface area (Å²) in [7, 11) is 0. The van der Waals surface area contributed by atoms with Crippen LogP contribution in [0.25, 0.3) is 0 Å². The van der Waals surface area contributed by atoms with Gasteiger partial charge in [-0.15, -0.1) is 0 Å². The minimum Gasteiger partial charge on any atom is -0.478 e. The number of hydrogen-bond donors (Lipinski definition) is 2. The van der Waals surface area contributed by atoms with Crippen LogP contribution in [0.5, 0.6) is 0 Å². The van der Waals surface area contributed by atoms with Gasteiger partial charge in [-0.05, 0) is 6.92 Å². The first-order valence-electron chi connectivity index (χ1n) is 5.79. The molecule has 0 aromatic carbocycles. The molecule has 1 atom stereocenters. The summed E-state index contributed by atoms with van der Waals surface area (Å²) in [6, 6.07) is -0.00134. The van der Waals surface area contributed by atoms with Crippen molar-refractivity contribution in [2.75, 3.05) is 11.4 Å². The van der Waals surface area contributed by atoms with Crippen LogP contribution in [0.2, 0.25) is 0 Å². The van der Waals surface area contributed by atoms with Gasteiger partial charge in [0.1, 0.15) is 6.04 Å². The summed E-state index contributed by atoms with van der Waals surface area (Å²) < 4.78 is 0. The van der Waals surface area contributed by atoms with Crippen LogP contribution in [0.15, 0.2) is 12.3 Å². The summed E-state index contributed by atoms with van der Waals surface area (Å²) in [4.78, 5) is 49.0. The van der Waals surface area contributed by atoms with E-state index in [-0.39, 0.29) is 17.9 Å². The molecule has 0 saturated carbocycles. The smallest absolute Gasteiger partial charge is 0.337 e. The zero-order valence-corrected chi connectivity index (χ0v) is 10.8. The first kappa shape index (κ1) is 14.4. The second-order valence-electron chi connectivity index (χ2n) is 4.35. The van der Waals surface area contributed by atoms with Crippen molar-refractivity contribution in [1.82, 2.24) is 10.3 Å². The Kier molecular flexibility index (Phi) is 3.52. The first-order chi connectivity index (χ1) is 9.81. The molecule has 0 aliphatic carbocycles. The number of amides is 2. The van der Waals surface area contributed by atoms with Gasteiger partial charge in [-0.25, -0.2) is 9.78 Å². The quantitative estimate of drug-likeness (QED) is 0.433. The Morgan fingerprint density at radius 3 is 2.81 bits per heavy atom. The summed E-state index contributed by atoms with van der Waals surface area (Å²) >= 11 is 0. The number of rotatable bonds is 3. The van der Waals surface area contributed by atoms with Crippen molar-refractivity contribution in [2.24, 2.45) is 0 Å². The third-order valence-corrected chi connectivity index (χ3v) is 2.99. The lowest BCUT2D eigenvalue weighted by Gasteiger charge is -2.32. The zero-order valence-electron chi connectivity index (χ0n) is 10.8. The largest absolute Gasteiger partial charge is 0.478 e. The van der Waals surface area contributed by atoms with Crippen molar-refractivity contribution < 1.29 is 24.4 Å². The van der Waals surface area contributed by atoms with Crippen LogP contribution in [0.1, 0.15) is 17.3 Å². The number of nitro groups is 1. The molecular formula is C11H10N4O6. The second kappa shape index (κ2) is 5.15. The number of carboxylic acid groups (broad SMARTS) is 1. The maximum absolute atomic E-state index is 11.6. The Morgan fingerprint density at radius 1 is 1.57 bits per heavy atom. The number of aromatic nitrogens is 1. The molecule has 1 aliphatic heterocycles. The van der Waals surface area contributed by atoms with Crippen LogP contribution < -0.4 is 10.2 Å². The number of nitrogens with zero attached hydrogens (tertiary/aromatic N) is 3. The molecule has 0 radical (unpaired) electrons. The van der Waals surface area contributed by atoms with E-state index in [0.29, 0.717) is 0 Å². The van der Waals surface area contributed by atoms with Gasteiger partial charge in [0.15, 0.2) is 0 Å². The molecule has 1 aromatic heterocycles. The fraction of sp³-hybridized carbons (Fsp3) is 0.273. The number of carbonyl (C=O) groups is 3. The van der Waals surface area contributed by atoms with E-state index in [4.69, 9.17) is 5.11 Å². The number of anilines is 1. The summed E-state index contributed by atoms with van der Waals surface area (Å²) in [6.45, 7) is 1.17. The van der Waals surface area contributed by atoms with Crippen molar-refractivity contribution in [1.29, 1.82) is 0 Å². The van der Waals surface area contributed by atoms with Crippen molar-refractivity contribution in [3.63, 3.8) is 0 Å². The molecule has 1 saturated heterocycles. The second-order valence-corrected chi connectivity index (χ2v) is 4.35. The Morgan fingerprint density at radius 2 is 2.24 bits per heavy atom. The van der Waals surface area contributed by atoms with Gasteiger partial charge in [-0.2, -0.15) is 0 Å². The van der Waals surface area contributed by atoms with Crippen LogP contribution in [0.4, 0.5) is 11.5 Å². The molecule has 10 heteroatoms. The van der Waals surface area contributed by atoms with Crippen LogP contribution in [0.3, 0.4) is 0 Å². The lowest BCUT2D eigenvalue weighted by Crippen LogP contribution is -2.57. The lowest BCUT2D eigenvalue weighted by atomic mass is 10.1. The van der Waals surface area contributed by atoms with E-state index >= 15 is 0 Å². The number of carbonyl (C=O) groups excluding carboxylic acids is 2. The van der Waals surface area contributed by atoms with E-state index in [9.17, 15) is 24.5 Å². The van der Waals surface area contributed by atoms with Gasteiger partial charge >= 0.3 is 11.7 Å². The van der Waals surface area contributed by atoms with Crippen LogP contribution >= 0.6 is 0 Å². The van der Waals surface area contributed by atoms with Crippen molar-refractivity contribution in [2.45, 2.75) is 13.0 Å². The van der Waals surface area contributed by atoms with Gasteiger partial charge in [-0.1, -0.05) is 0 Å². The zero-order chi connectivity index (χ0) is 15.7. The predicted molar refractivity (Wildman–Crippen MR) is 67.8 cm³/mol. The highest BCUT2D eigenvalue weighted by molar-refractivity contribution is 6.04. The fourth-order valence-electron chi connectivity index (χ4n) is 1.89. The van der Waals surface area contributed by atoms with Gasteiger partial charge in [-0.3, -0.25) is 25.0 Å². The van der Waals surface area contributed by atoms with Gasteiger partial charge in [0.05, 0.1) is 17.0 Å². The minimum absolute atomic E-state index is 0.222. The molecule has 2 heterocycles. The maximum atomic E-state index is 11.6. The normalized spacial score (nSPS) is 18.3. The van der Waals surface area contributed by atoms with Crippen molar-refractivity contribution >= 4 is 29.3 Å². The average molecular weight is 294 g/mol. The third-order valence-electron chi connectivity index (χ3n) is 2.99. The first-order valence-corrected chi connectivity index (χ1v) is 5.79. The van der Waals surface area contributed by atoms with E-state index in [1.54, 1.807) is 0 Å². The molecule has 1 aliphatic rings. The fourth-order valence-corrected chi connectivity index (χ4v) is 1.89. The number of pyridine rings is 1. The molecule has 10 nitrogen and oxygen atoms in total. The van der Waals surface area contributed by atoms with E-state index < -0.39 is 34.4 Å². The molecule has 2 N–H and O–H groups in total. The van der Waals surface area contributed by atoms with Crippen LogP contribution in [-0.2, 0) is 9.59 Å². The van der Waals surface area contributed by atoms with Gasteiger partial charge in [0, 0.05) is 12.3 Å². The van der Waals surface area contributed by atoms with Crippen molar-refractivity contribution in [3.05, 3.63) is 27.9 Å². The van der Waals surface area contributed by atoms with E-state index in [1.807, 2.05) is 0 Å². The summed E-state index contributed by atoms with van der Waals surface area (Å²) in [5.74, 6) is -2.81. The molecule has 1 unspecified atom stereocenters. The average Bonchev–Trinajstić information content (AvgIpc) is 2.42. The van der Waals surface area contributed by atoms with E-state index in [2.05, 4.69) is 10.3 Å². The van der Waals surface area contributed by atoms with Crippen LogP contribution in [0, 0.1) is 10.1 Å². The van der Waals surface area contributed by atoms with Gasteiger partial charge < -0.3 is 10.0 Å². The highest BCUT2D eigenvalue weighted by Gasteiger charge is 2.35. The van der Waals surface area contributed by atoms with Gasteiger partial charge in [0.25, 0.3) is 0 Å². The highest BCUT2D eigenvalue weighted by Crippen LogP contribution is 2.28. The molecule has 2 rings (SSSR count).